The van der Waals surface area contributed by atoms with E-state index in [-0.39, 0.29) is 29.4 Å². The number of pyridine rings is 1. The summed E-state index contributed by atoms with van der Waals surface area (Å²) in [5, 5.41) is 5.73. The smallest absolute Gasteiger partial charge is 0.287 e. The maximum Gasteiger partial charge on any atom is 0.287 e. The lowest BCUT2D eigenvalue weighted by molar-refractivity contribution is 0.0894. The summed E-state index contributed by atoms with van der Waals surface area (Å²) in [7, 11) is 1.61. The zero-order valence-electron chi connectivity index (χ0n) is 15.3. The van der Waals surface area contributed by atoms with Crippen molar-refractivity contribution in [3.63, 3.8) is 0 Å². The molecule has 142 valence electrons. The average molecular weight is 377 g/mol. The quantitative estimate of drug-likeness (QED) is 0.705. The molecule has 0 radical (unpaired) electrons. The van der Waals surface area contributed by atoms with Crippen LogP contribution in [0.5, 0.6) is 5.75 Å². The fourth-order valence-electron chi connectivity index (χ4n) is 3.11. The molecule has 1 atom stereocenters. The summed E-state index contributed by atoms with van der Waals surface area (Å²) >= 11 is 0. The lowest BCUT2D eigenvalue weighted by atomic mass is 10.1. The minimum atomic E-state index is -0.334. The van der Waals surface area contributed by atoms with Crippen LogP contribution in [0.1, 0.15) is 38.3 Å². The van der Waals surface area contributed by atoms with Crippen LogP contribution in [-0.2, 0) is 13.1 Å². The summed E-state index contributed by atoms with van der Waals surface area (Å²) < 4.78 is 6.88. The number of nitrogens with one attached hydrogen (secondary N) is 2. The number of hydrogen-bond donors (Lipinski definition) is 2. The predicted molar refractivity (Wildman–Crippen MR) is 101 cm³/mol. The zero-order valence-corrected chi connectivity index (χ0v) is 15.3. The van der Waals surface area contributed by atoms with Gasteiger partial charge in [-0.25, -0.2) is 4.98 Å². The van der Waals surface area contributed by atoms with Gasteiger partial charge in [0.2, 0.25) is 0 Å². The molecular weight excluding hydrogens is 358 g/mol. The highest BCUT2D eigenvalue weighted by Gasteiger charge is 2.28. The van der Waals surface area contributed by atoms with E-state index in [0.29, 0.717) is 13.1 Å². The molecule has 0 saturated heterocycles. The zero-order chi connectivity index (χ0) is 19.5. The van der Waals surface area contributed by atoms with Crippen molar-refractivity contribution in [3.05, 3.63) is 77.6 Å². The number of rotatable bonds is 5. The third-order valence-electron chi connectivity index (χ3n) is 4.59. The molecule has 1 aliphatic heterocycles. The SMILES string of the molecule is COc1ccc([C@@H]2Cn3cc(C(=O)NCc4cccnc4)nc3C(=O)N2)cc1. The number of aromatic nitrogens is 3. The Labute approximate surface area is 161 Å². The topological polar surface area (TPSA) is 98.1 Å². The molecular formula is C20H19N5O3. The van der Waals surface area contributed by atoms with Gasteiger partial charge in [0.1, 0.15) is 11.4 Å². The van der Waals surface area contributed by atoms with Crippen LogP contribution in [0.3, 0.4) is 0 Å². The van der Waals surface area contributed by atoms with Crippen LogP contribution in [0, 0.1) is 0 Å². The van der Waals surface area contributed by atoms with E-state index in [1.165, 1.54) is 0 Å². The second kappa shape index (κ2) is 7.51. The Balaban J connectivity index is 1.48. The Morgan fingerprint density at radius 2 is 2.14 bits per heavy atom. The number of hydrogen-bond acceptors (Lipinski definition) is 5. The van der Waals surface area contributed by atoms with Crippen molar-refractivity contribution in [1.29, 1.82) is 0 Å². The third kappa shape index (κ3) is 3.57. The van der Waals surface area contributed by atoms with Crippen LogP contribution >= 0.6 is 0 Å². The molecule has 0 spiro atoms. The Hall–Kier alpha value is -3.68. The van der Waals surface area contributed by atoms with Gasteiger partial charge in [0.15, 0.2) is 5.82 Å². The minimum absolute atomic E-state index is 0.202. The Morgan fingerprint density at radius 1 is 1.32 bits per heavy atom. The summed E-state index contributed by atoms with van der Waals surface area (Å²) in [4.78, 5) is 33.1. The van der Waals surface area contributed by atoms with Crippen LogP contribution in [-0.4, -0.2) is 33.5 Å². The summed E-state index contributed by atoms with van der Waals surface area (Å²) in [5.41, 5.74) is 2.05. The van der Waals surface area contributed by atoms with Crippen LogP contribution in [0.4, 0.5) is 0 Å². The van der Waals surface area contributed by atoms with Crippen molar-refractivity contribution >= 4 is 11.8 Å². The first kappa shape index (κ1) is 17.7. The Kier molecular flexibility index (Phi) is 4.76. The molecule has 2 aromatic heterocycles. The first-order valence-corrected chi connectivity index (χ1v) is 8.83. The van der Waals surface area contributed by atoms with Gasteiger partial charge in [-0.15, -0.1) is 0 Å². The van der Waals surface area contributed by atoms with Gasteiger partial charge >= 0.3 is 0 Å². The van der Waals surface area contributed by atoms with Crippen LogP contribution in [0.15, 0.2) is 55.0 Å². The normalized spacial score (nSPS) is 15.5. The third-order valence-corrected chi connectivity index (χ3v) is 4.59. The molecule has 3 heterocycles. The molecule has 0 aliphatic carbocycles. The monoisotopic (exact) mass is 377 g/mol. The van der Waals surface area contributed by atoms with E-state index in [4.69, 9.17) is 4.74 Å². The fraction of sp³-hybridized carbons (Fsp3) is 0.200. The summed E-state index contributed by atoms with van der Waals surface area (Å²) in [5.74, 6) is 0.344. The van der Waals surface area contributed by atoms with Crippen molar-refractivity contribution in [2.24, 2.45) is 0 Å². The summed E-state index contributed by atoms with van der Waals surface area (Å²) in [6.45, 7) is 0.839. The molecule has 0 bridgehead atoms. The van der Waals surface area contributed by atoms with Gasteiger partial charge in [0, 0.05) is 31.7 Å². The number of methoxy groups -OCH3 is 1. The van der Waals surface area contributed by atoms with Gasteiger partial charge in [-0.2, -0.15) is 0 Å². The molecule has 1 aromatic carbocycles. The molecule has 8 heteroatoms. The van der Waals surface area contributed by atoms with E-state index < -0.39 is 0 Å². The lowest BCUT2D eigenvalue weighted by Crippen LogP contribution is -2.38. The maximum absolute atomic E-state index is 12.4. The number of nitrogens with zero attached hydrogens (tertiary/aromatic N) is 3. The average Bonchev–Trinajstić information content (AvgIpc) is 3.18. The number of benzene rings is 1. The number of fused-ring (bicyclic) bond motifs is 1. The maximum atomic E-state index is 12.4. The summed E-state index contributed by atoms with van der Waals surface area (Å²) in [6, 6.07) is 11.0. The highest BCUT2D eigenvalue weighted by molar-refractivity contribution is 5.96. The van der Waals surface area contributed by atoms with E-state index in [1.807, 2.05) is 30.3 Å². The van der Waals surface area contributed by atoms with Gasteiger partial charge in [-0.3, -0.25) is 14.6 Å². The largest absolute Gasteiger partial charge is 0.497 e. The highest BCUT2D eigenvalue weighted by atomic mass is 16.5. The van der Waals surface area contributed by atoms with Gasteiger partial charge in [-0.1, -0.05) is 18.2 Å². The first-order chi connectivity index (χ1) is 13.6. The van der Waals surface area contributed by atoms with Crippen molar-refractivity contribution in [1.82, 2.24) is 25.2 Å². The van der Waals surface area contributed by atoms with E-state index in [9.17, 15) is 9.59 Å². The number of imidazole rings is 1. The van der Waals surface area contributed by atoms with Gasteiger partial charge in [0.25, 0.3) is 11.8 Å². The molecule has 0 unspecified atom stereocenters. The van der Waals surface area contributed by atoms with E-state index in [2.05, 4.69) is 20.6 Å². The van der Waals surface area contributed by atoms with E-state index >= 15 is 0 Å². The van der Waals surface area contributed by atoms with Crippen molar-refractivity contribution in [2.45, 2.75) is 19.1 Å². The first-order valence-electron chi connectivity index (χ1n) is 8.83. The summed E-state index contributed by atoms with van der Waals surface area (Å²) in [6.07, 6.45) is 4.97. The molecule has 2 N–H and O–H groups in total. The van der Waals surface area contributed by atoms with Gasteiger partial charge < -0.3 is 19.9 Å². The van der Waals surface area contributed by atoms with Crippen molar-refractivity contribution < 1.29 is 14.3 Å². The molecule has 8 nitrogen and oxygen atoms in total. The fourth-order valence-corrected chi connectivity index (χ4v) is 3.11. The Morgan fingerprint density at radius 3 is 2.86 bits per heavy atom. The molecule has 0 fully saturated rings. The van der Waals surface area contributed by atoms with Crippen molar-refractivity contribution in [2.75, 3.05) is 7.11 Å². The van der Waals surface area contributed by atoms with E-state index in [1.54, 1.807) is 36.3 Å². The van der Waals surface area contributed by atoms with E-state index in [0.717, 1.165) is 16.9 Å². The second-order valence-electron chi connectivity index (χ2n) is 6.45. The molecule has 28 heavy (non-hydrogen) atoms. The molecule has 0 saturated carbocycles. The molecule has 4 rings (SSSR count). The standard InChI is InChI=1S/C20H19N5O3/c1-28-15-6-4-14(5-7-15)16-11-25-12-17(23-18(25)20(27)24-16)19(26)22-10-13-3-2-8-21-9-13/h2-9,12,16H,10-11H2,1H3,(H,22,26)(H,24,27)/t16-/m0/s1. The molecule has 2 amide bonds. The Bertz CT molecular complexity index is 998. The lowest BCUT2D eigenvalue weighted by Gasteiger charge is -2.25. The molecule has 1 aliphatic rings. The predicted octanol–water partition coefficient (Wildman–Crippen LogP) is 1.70. The minimum Gasteiger partial charge on any atom is -0.497 e. The van der Waals surface area contributed by atoms with Crippen LogP contribution in [0.25, 0.3) is 0 Å². The number of carbonyl (C=O) groups is 2. The van der Waals surface area contributed by atoms with Crippen LogP contribution < -0.4 is 15.4 Å². The number of amides is 2. The number of carbonyl (C=O) groups excluding carboxylic acids is 2. The van der Waals surface area contributed by atoms with Gasteiger partial charge in [0.05, 0.1) is 13.2 Å². The van der Waals surface area contributed by atoms with Crippen LogP contribution in [0.2, 0.25) is 0 Å². The number of ether oxygens (including phenoxy) is 1. The second-order valence-corrected chi connectivity index (χ2v) is 6.45. The van der Waals surface area contributed by atoms with Gasteiger partial charge in [-0.05, 0) is 29.3 Å². The molecule has 3 aromatic rings. The highest BCUT2D eigenvalue weighted by Crippen LogP contribution is 2.23. The van der Waals surface area contributed by atoms with Crippen molar-refractivity contribution in [3.8, 4) is 5.75 Å².